The van der Waals surface area contributed by atoms with Crippen LogP contribution < -0.4 is 0 Å². The van der Waals surface area contributed by atoms with Crippen molar-refractivity contribution in [3.05, 3.63) is 296 Å². The van der Waals surface area contributed by atoms with E-state index < -0.39 is 44.5 Å². The summed E-state index contributed by atoms with van der Waals surface area (Å²) in [5.74, 6) is 0. The normalized spacial score (nSPS) is 11.7. The van der Waals surface area contributed by atoms with Crippen LogP contribution in [0, 0.1) is 20.8 Å². The van der Waals surface area contributed by atoms with E-state index in [4.69, 9.17) is 5.26 Å². The topological polar surface area (TPSA) is 195 Å². The van der Waals surface area contributed by atoms with Gasteiger partial charge in [-0.3, -0.25) is 4.55 Å². The minimum atomic E-state index is -4.76. The Bertz CT molecular complexity index is 5130. The fourth-order valence-electron chi connectivity index (χ4n) is 9.51. The summed E-state index contributed by atoms with van der Waals surface area (Å²) >= 11 is 15.2. The molecule has 2 N–H and O–H groups in total. The Morgan fingerprint density at radius 1 is 0.269 bits per heavy atom. The predicted octanol–water partition coefficient (Wildman–Crippen LogP) is 23.2. The van der Waals surface area contributed by atoms with Crippen LogP contribution in [0.1, 0.15) is 16.7 Å². The van der Waals surface area contributed by atoms with Crippen LogP contribution in [0.5, 0.6) is 0 Å². The lowest BCUT2D eigenvalue weighted by Gasteiger charge is -2.12. The Morgan fingerprint density at radius 3 is 0.779 bits per heavy atom. The van der Waals surface area contributed by atoms with Crippen molar-refractivity contribution in [1.82, 2.24) is 0 Å². The van der Waals surface area contributed by atoms with E-state index in [1.165, 1.54) is 64.6 Å². The van der Waals surface area contributed by atoms with Gasteiger partial charge < -0.3 is 0 Å². The summed E-state index contributed by atoms with van der Waals surface area (Å²) in [7, 11) is -15.9. The summed E-state index contributed by atoms with van der Waals surface area (Å²) in [4.78, 5) is 16.3. The van der Waals surface area contributed by atoms with E-state index in [2.05, 4.69) is 131 Å². The standard InChI is InChI=1S/C26H22O8S6.2C26H22O2S4/c1-17-3-12-22(15-25(17)38-34-33-27)39(28,29)23-13-14-24(26(16-23)40(30,31)32)37-21-10-8-20(9-11-21)36-19-6-4-18(35-2)5-7-19;2*1-19-3-15-25(16-4-19)32(27,28)26-17-13-24(14-18-26)31-23-11-9-22(10-12-23)30-21-7-5-20(29-2)6-8-21/h3-16,27H,1-2H3,(H,30,31,32);2*3-18H,1-2H3. The van der Waals surface area contributed by atoms with Crippen LogP contribution in [0.25, 0.3) is 0 Å². The van der Waals surface area contributed by atoms with Crippen LogP contribution in [0.4, 0.5) is 0 Å². The molecule has 0 aliphatic heterocycles. The second kappa shape index (κ2) is 37.5. The molecule has 0 amide bonds. The highest BCUT2D eigenvalue weighted by Gasteiger charge is 2.26. The van der Waals surface area contributed by atoms with Gasteiger partial charge in [0, 0.05) is 78.3 Å². The molecular formula is C78H66O12S14. The molecule has 12 aromatic rings. The first kappa shape index (κ1) is 80.3. The minimum absolute atomic E-state index is 0.139. The van der Waals surface area contributed by atoms with Gasteiger partial charge in [-0.1, -0.05) is 117 Å². The summed E-state index contributed by atoms with van der Waals surface area (Å²) in [5.41, 5.74) is 2.73. The third kappa shape index (κ3) is 22.4. The second-order valence-corrected chi connectivity index (χ2v) is 39.8. The number of hydrogen-bond donors (Lipinski definition) is 2. The number of sulfone groups is 3. The first-order chi connectivity index (χ1) is 49.9. The fourth-order valence-corrected chi connectivity index (χ4v) is 21.1. The van der Waals surface area contributed by atoms with Crippen molar-refractivity contribution in [3.8, 4) is 0 Å². The quantitative estimate of drug-likeness (QED) is 0.0180. The largest absolute Gasteiger partial charge is 0.295 e. The third-order valence-corrected chi connectivity index (χ3v) is 30.6. The smallest absolute Gasteiger partial charge is 0.282 e. The Morgan fingerprint density at radius 2 is 0.500 bits per heavy atom. The monoisotopic (exact) mass is 1640 g/mol. The predicted molar refractivity (Wildman–Crippen MR) is 428 cm³/mol. The summed E-state index contributed by atoms with van der Waals surface area (Å²) in [6.07, 6.45) is 6.18. The van der Waals surface area contributed by atoms with Crippen molar-refractivity contribution < 1.29 is 52.9 Å². The SMILES string of the molecule is CSc1ccc(Sc2ccc(Sc3ccc(S(=O)(=O)c4ccc(C)c(SOOO)c4)cc3S(=O)(=O)O)cc2)cc1.CSc1ccc(Sc2ccc(Sc3ccc(S(=O)(=O)c4ccc(C)cc4)cc3)cc2)cc1.CSc1ccc(Sc2ccc(Sc3ccc(S(=O)(=O)c4ccc(C)cc4)cc3)cc2)cc1. The Balaban J connectivity index is 0.000000169. The molecule has 104 heavy (non-hydrogen) atoms. The van der Waals surface area contributed by atoms with Crippen molar-refractivity contribution in [1.29, 1.82) is 0 Å². The summed E-state index contributed by atoms with van der Waals surface area (Å²) in [6, 6.07) is 85.5. The molecular weight excluding hydrogens is 1580 g/mol. The van der Waals surface area contributed by atoms with Gasteiger partial charge in [-0.15, -0.1) is 39.6 Å². The highest BCUT2D eigenvalue weighted by molar-refractivity contribution is 8.01. The lowest BCUT2D eigenvalue weighted by atomic mass is 10.2. The first-order valence-electron chi connectivity index (χ1n) is 31.1. The van der Waals surface area contributed by atoms with Gasteiger partial charge in [0.05, 0.1) is 41.4 Å². The molecule has 12 nitrogen and oxygen atoms in total. The van der Waals surface area contributed by atoms with E-state index in [0.29, 0.717) is 47.0 Å². The average molecular weight is 1640 g/mol. The van der Waals surface area contributed by atoms with E-state index in [1.807, 2.05) is 105 Å². The molecule has 0 spiro atoms. The molecule has 534 valence electrons. The van der Waals surface area contributed by atoms with E-state index in [9.17, 15) is 38.2 Å². The van der Waals surface area contributed by atoms with Crippen molar-refractivity contribution in [2.45, 2.75) is 133 Å². The first-order valence-corrected chi connectivity index (χ1v) is 46.3. The van der Waals surface area contributed by atoms with Crippen molar-refractivity contribution in [3.63, 3.8) is 0 Å². The van der Waals surface area contributed by atoms with Gasteiger partial charge >= 0.3 is 0 Å². The molecule has 0 radical (unpaired) electrons. The molecule has 0 saturated carbocycles. The van der Waals surface area contributed by atoms with Crippen LogP contribution >= 0.6 is 118 Å². The molecule has 0 saturated heterocycles. The van der Waals surface area contributed by atoms with Crippen LogP contribution in [-0.2, 0) is 49.0 Å². The molecule has 12 rings (SSSR count). The number of hydrogen-bond acceptors (Lipinski definition) is 21. The summed E-state index contributed by atoms with van der Waals surface area (Å²) < 4.78 is 117. The fraction of sp³-hybridized carbons (Fsp3) is 0.0769. The zero-order valence-electron chi connectivity index (χ0n) is 56.3. The zero-order chi connectivity index (χ0) is 74.0. The van der Waals surface area contributed by atoms with Crippen LogP contribution in [-0.4, -0.2) is 62.2 Å². The lowest BCUT2D eigenvalue weighted by molar-refractivity contribution is -0.432. The van der Waals surface area contributed by atoms with E-state index in [1.54, 1.807) is 150 Å². The highest BCUT2D eigenvalue weighted by Crippen LogP contribution is 2.41. The van der Waals surface area contributed by atoms with Gasteiger partial charge in [0.2, 0.25) is 29.5 Å². The number of rotatable bonds is 25. The maximum absolute atomic E-state index is 13.3. The van der Waals surface area contributed by atoms with Crippen molar-refractivity contribution in [2.24, 2.45) is 0 Å². The lowest BCUT2D eigenvalue weighted by Crippen LogP contribution is -2.06. The zero-order valence-corrected chi connectivity index (χ0v) is 67.7. The number of aryl methyl sites for hydroxylation is 3. The van der Waals surface area contributed by atoms with Gasteiger partial charge in [0.15, 0.2) is 0 Å². The Kier molecular flexibility index (Phi) is 29.0. The van der Waals surface area contributed by atoms with Crippen LogP contribution in [0.2, 0.25) is 0 Å². The third-order valence-electron chi connectivity index (χ3n) is 15.1. The maximum Gasteiger partial charge on any atom is 0.295 e. The molecule has 0 unspecified atom stereocenters. The summed E-state index contributed by atoms with van der Waals surface area (Å²) in [6.45, 7) is 5.59. The van der Waals surface area contributed by atoms with Gasteiger partial charge in [-0.05, 0) is 294 Å². The number of thioether (sulfide) groups is 3. The molecule has 0 fully saturated rings. The van der Waals surface area contributed by atoms with E-state index >= 15 is 0 Å². The van der Waals surface area contributed by atoms with E-state index in [0.717, 1.165) is 58.3 Å². The van der Waals surface area contributed by atoms with Crippen molar-refractivity contribution in [2.75, 3.05) is 18.8 Å². The average Bonchev–Trinajstić information content (AvgIpc) is 0.775. The molecule has 0 aliphatic carbocycles. The molecule has 0 bridgehead atoms. The maximum atomic E-state index is 13.3. The van der Waals surface area contributed by atoms with Gasteiger partial charge in [-0.2, -0.15) is 8.42 Å². The van der Waals surface area contributed by atoms with Crippen LogP contribution in [0.15, 0.2) is 392 Å². The van der Waals surface area contributed by atoms with Gasteiger partial charge in [0.1, 0.15) is 4.90 Å². The Hall–Kier alpha value is -6.22. The highest BCUT2D eigenvalue weighted by atomic mass is 32.2. The molecule has 0 aliphatic rings. The van der Waals surface area contributed by atoms with Gasteiger partial charge in [-0.25, -0.2) is 30.5 Å². The minimum Gasteiger partial charge on any atom is -0.282 e. The van der Waals surface area contributed by atoms with Gasteiger partial charge in [0.25, 0.3) is 10.1 Å². The molecule has 0 heterocycles. The molecule has 26 heteroatoms. The molecule has 12 aromatic carbocycles. The molecule has 0 atom stereocenters. The Labute approximate surface area is 651 Å². The van der Waals surface area contributed by atoms with E-state index in [-0.39, 0.29) is 14.7 Å². The molecule has 0 aromatic heterocycles. The van der Waals surface area contributed by atoms with Crippen molar-refractivity contribution >= 4 is 158 Å². The second-order valence-electron chi connectivity index (χ2n) is 22.4. The number of benzene rings is 12. The van der Waals surface area contributed by atoms with Crippen LogP contribution in [0.3, 0.4) is 0 Å². The summed E-state index contributed by atoms with van der Waals surface area (Å²) in [5, 5.41) is 12.0.